The van der Waals surface area contributed by atoms with Gasteiger partial charge in [-0.05, 0) is 20.5 Å². The first-order valence-electron chi connectivity index (χ1n) is 6.81. The molecule has 1 saturated heterocycles. The van der Waals surface area contributed by atoms with Gasteiger partial charge in [0.15, 0.2) is 6.04 Å². The predicted octanol–water partition coefficient (Wildman–Crippen LogP) is -0.109. The van der Waals surface area contributed by atoms with Crippen molar-refractivity contribution in [2.45, 2.75) is 18.5 Å². The topological polar surface area (TPSA) is 90.7 Å². The Bertz CT molecular complexity index is 528. The van der Waals surface area contributed by atoms with Gasteiger partial charge in [0, 0.05) is 37.9 Å². The molecule has 2 amide bonds. The third-order valence-corrected chi connectivity index (χ3v) is 3.75. The summed E-state index contributed by atoms with van der Waals surface area (Å²) in [5.41, 5.74) is 0.460. The summed E-state index contributed by atoms with van der Waals surface area (Å²) in [6.45, 7) is 1.24. The Hall–Kier alpha value is -2.09. The summed E-state index contributed by atoms with van der Waals surface area (Å²) in [4.78, 5) is 27.3. The number of carboxylic acids is 1. The normalized spacial score (nSPS) is 19.8. The number of carboxylic acid groups (broad SMARTS) is 1. The summed E-state index contributed by atoms with van der Waals surface area (Å²) in [5.74, 6) is -1.10. The molecule has 116 valence electrons. The Balaban J connectivity index is 2.01. The smallest absolute Gasteiger partial charge is 0.331 e. The molecule has 1 aromatic rings. The lowest BCUT2D eigenvalue weighted by Gasteiger charge is -2.22. The van der Waals surface area contributed by atoms with Crippen LogP contribution in [0.3, 0.4) is 0 Å². The van der Waals surface area contributed by atoms with Gasteiger partial charge in [0.05, 0.1) is 6.20 Å². The van der Waals surface area contributed by atoms with Crippen LogP contribution in [0.15, 0.2) is 12.4 Å². The Morgan fingerprint density at radius 2 is 2.24 bits per heavy atom. The number of aromatic nitrogens is 2. The molecule has 1 aliphatic rings. The molecular weight excluding hydrogens is 274 g/mol. The largest absolute Gasteiger partial charge is 0.479 e. The van der Waals surface area contributed by atoms with E-state index in [1.54, 1.807) is 18.1 Å². The van der Waals surface area contributed by atoms with Crippen molar-refractivity contribution in [3.05, 3.63) is 18.0 Å². The van der Waals surface area contributed by atoms with Crippen LogP contribution in [-0.4, -0.2) is 69.9 Å². The third-order valence-electron chi connectivity index (χ3n) is 3.75. The number of hydrogen-bond donors (Lipinski definition) is 2. The van der Waals surface area contributed by atoms with E-state index in [9.17, 15) is 14.7 Å². The van der Waals surface area contributed by atoms with E-state index < -0.39 is 12.0 Å². The second-order valence-electron chi connectivity index (χ2n) is 5.52. The van der Waals surface area contributed by atoms with E-state index in [0.29, 0.717) is 24.7 Å². The van der Waals surface area contributed by atoms with E-state index in [2.05, 4.69) is 15.3 Å². The molecule has 0 spiro atoms. The van der Waals surface area contributed by atoms with Gasteiger partial charge in [0.2, 0.25) is 0 Å². The summed E-state index contributed by atoms with van der Waals surface area (Å²) in [7, 11) is 5.65. The molecule has 0 aromatic carbocycles. The van der Waals surface area contributed by atoms with Gasteiger partial charge >= 0.3 is 12.0 Å². The predicted molar refractivity (Wildman–Crippen MR) is 75.8 cm³/mol. The number of carbonyl (C=O) groups excluding carboxylic acids is 1. The number of likely N-dealkylation sites (tertiary alicyclic amines) is 1. The first-order valence-corrected chi connectivity index (χ1v) is 6.81. The second-order valence-corrected chi connectivity index (χ2v) is 5.52. The van der Waals surface area contributed by atoms with Crippen LogP contribution < -0.4 is 5.32 Å². The van der Waals surface area contributed by atoms with Crippen LogP contribution in [0.1, 0.15) is 18.0 Å². The maximum Gasteiger partial charge on any atom is 0.331 e. The summed E-state index contributed by atoms with van der Waals surface area (Å²) < 4.78 is 1.51. The van der Waals surface area contributed by atoms with Crippen molar-refractivity contribution in [1.82, 2.24) is 24.9 Å². The van der Waals surface area contributed by atoms with Crippen molar-refractivity contribution in [3.8, 4) is 0 Å². The van der Waals surface area contributed by atoms with Crippen molar-refractivity contribution in [3.63, 3.8) is 0 Å². The summed E-state index contributed by atoms with van der Waals surface area (Å²) in [6.07, 6.45) is 3.93. The molecule has 1 aromatic heterocycles. The van der Waals surface area contributed by atoms with Gasteiger partial charge in [-0.25, -0.2) is 9.59 Å². The van der Waals surface area contributed by atoms with E-state index in [-0.39, 0.29) is 6.03 Å². The summed E-state index contributed by atoms with van der Waals surface area (Å²) in [6, 6.07) is -1.11. The fraction of sp³-hybridized carbons (Fsp3) is 0.615. The fourth-order valence-corrected chi connectivity index (χ4v) is 2.44. The Labute approximate surface area is 123 Å². The fourth-order valence-electron chi connectivity index (χ4n) is 2.44. The maximum atomic E-state index is 12.2. The second kappa shape index (κ2) is 6.13. The molecular formula is C13H21N5O3. The number of amides is 2. The number of aryl methyl sites for hydroxylation is 1. The highest BCUT2D eigenvalue weighted by molar-refractivity contribution is 5.83. The number of nitrogens with zero attached hydrogens (tertiary/aromatic N) is 4. The summed E-state index contributed by atoms with van der Waals surface area (Å²) >= 11 is 0. The van der Waals surface area contributed by atoms with Crippen LogP contribution in [0, 0.1) is 0 Å². The quantitative estimate of drug-likeness (QED) is 0.809. The Kier molecular flexibility index (Phi) is 4.46. The van der Waals surface area contributed by atoms with E-state index in [1.165, 1.54) is 10.9 Å². The molecule has 2 unspecified atom stereocenters. The molecule has 1 fully saturated rings. The molecule has 0 saturated carbocycles. The molecule has 0 bridgehead atoms. The maximum absolute atomic E-state index is 12.2. The van der Waals surface area contributed by atoms with E-state index in [1.807, 2.05) is 14.1 Å². The van der Waals surface area contributed by atoms with Crippen LogP contribution in [-0.2, 0) is 11.8 Å². The lowest BCUT2D eigenvalue weighted by molar-refractivity contribution is -0.139. The lowest BCUT2D eigenvalue weighted by atomic mass is 10.1. The van der Waals surface area contributed by atoms with Crippen LogP contribution in [0.25, 0.3) is 0 Å². The van der Waals surface area contributed by atoms with Gasteiger partial charge in [0.25, 0.3) is 0 Å². The van der Waals surface area contributed by atoms with E-state index in [4.69, 9.17) is 0 Å². The number of nitrogens with one attached hydrogen (secondary N) is 1. The van der Waals surface area contributed by atoms with Gasteiger partial charge in [-0.15, -0.1) is 0 Å². The number of urea groups is 1. The standard InChI is InChI=1S/C13H21N5O3/c1-16(2)10-4-5-18(8-10)13(21)15-11(12(19)20)9-6-14-17(3)7-9/h6-7,10-11H,4-5,8H2,1-3H3,(H,15,21)(H,19,20). The molecule has 2 N–H and O–H groups in total. The SMILES string of the molecule is CN(C)C1CCN(C(=O)NC(C(=O)O)c2cnn(C)c2)C1. The average Bonchev–Trinajstić information content (AvgIpc) is 3.04. The van der Waals surface area contributed by atoms with Crippen LogP contribution in [0.4, 0.5) is 4.79 Å². The van der Waals surface area contributed by atoms with E-state index in [0.717, 1.165) is 6.42 Å². The van der Waals surface area contributed by atoms with Gasteiger partial charge < -0.3 is 20.2 Å². The highest BCUT2D eigenvalue weighted by Crippen LogP contribution is 2.16. The van der Waals surface area contributed by atoms with Gasteiger partial charge in [-0.2, -0.15) is 5.10 Å². The van der Waals surface area contributed by atoms with Gasteiger partial charge in [-0.3, -0.25) is 4.68 Å². The van der Waals surface area contributed by atoms with Gasteiger partial charge in [0.1, 0.15) is 0 Å². The lowest BCUT2D eigenvalue weighted by Crippen LogP contribution is -2.43. The third kappa shape index (κ3) is 3.52. The number of hydrogen-bond acceptors (Lipinski definition) is 4. The molecule has 21 heavy (non-hydrogen) atoms. The molecule has 8 nitrogen and oxygen atoms in total. The van der Waals surface area contributed by atoms with Gasteiger partial charge in [-0.1, -0.05) is 0 Å². The zero-order valence-corrected chi connectivity index (χ0v) is 12.5. The molecule has 0 radical (unpaired) electrons. The van der Waals surface area contributed by atoms with Crippen LogP contribution >= 0.6 is 0 Å². The minimum absolute atomic E-state index is 0.317. The minimum atomic E-state index is -1.10. The zero-order chi connectivity index (χ0) is 15.6. The monoisotopic (exact) mass is 295 g/mol. The number of rotatable bonds is 4. The zero-order valence-electron chi connectivity index (χ0n) is 12.5. The minimum Gasteiger partial charge on any atom is -0.479 e. The molecule has 0 aliphatic carbocycles. The van der Waals surface area contributed by atoms with Crippen molar-refractivity contribution < 1.29 is 14.7 Å². The molecule has 1 aliphatic heterocycles. The number of aliphatic carboxylic acids is 1. The Morgan fingerprint density at radius 3 is 2.71 bits per heavy atom. The van der Waals surface area contributed by atoms with Crippen molar-refractivity contribution in [2.24, 2.45) is 7.05 Å². The first kappa shape index (κ1) is 15.3. The highest BCUT2D eigenvalue weighted by Gasteiger charge is 2.31. The molecule has 8 heteroatoms. The number of likely N-dealkylation sites (N-methyl/N-ethyl adjacent to an activating group) is 1. The summed E-state index contributed by atoms with van der Waals surface area (Å²) in [5, 5.41) is 15.8. The van der Waals surface area contributed by atoms with Crippen molar-refractivity contribution >= 4 is 12.0 Å². The molecule has 2 rings (SSSR count). The molecule has 2 atom stereocenters. The Morgan fingerprint density at radius 1 is 1.52 bits per heavy atom. The highest BCUT2D eigenvalue weighted by atomic mass is 16.4. The average molecular weight is 295 g/mol. The van der Waals surface area contributed by atoms with E-state index >= 15 is 0 Å². The van der Waals surface area contributed by atoms with Crippen LogP contribution in [0.5, 0.6) is 0 Å². The molecule has 2 heterocycles. The first-order chi connectivity index (χ1) is 9.88. The van der Waals surface area contributed by atoms with Crippen molar-refractivity contribution in [1.29, 1.82) is 0 Å². The number of carbonyl (C=O) groups is 2. The van der Waals surface area contributed by atoms with Crippen LogP contribution in [0.2, 0.25) is 0 Å². The van der Waals surface area contributed by atoms with Crippen molar-refractivity contribution in [2.75, 3.05) is 27.2 Å².